The Bertz CT molecular complexity index is 402. The van der Waals surface area contributed by atoms with Crippen LogP contribution in [0, 0.1) is 10.8 Å². The topological polar surface area (TPSA) is 42.2 Å². The van der Waals surface area contributed by atoms with Gasteiger partial charge in [-0.3, -0.25) is 4.79 Å². The molecule has 1 aliphatic rings. The Balaban J connectivity index is 2.03. The molecule has 1 fully saturated rings. The van der Waals surface area contributed by atoms with E-state index in [9.17, 15) is 4.79 Å². The van der Waals surface area contributed by atoms with Crippen molar-refractivity contribution >= 4 is 5.91 Å². The number of amides is 1. The van der Waals surface area contributed by atoms with Gasteiger partial charge in [-0.1, -0.05) is 27.7 Å². The molecule has 1 aromatic heterocycles. The van der Waals surface area contributed by atoms with Crippen molar-refractivity contribution < 1.29 is 9.21 Å². The molecule has 1 heterocycles. The molecular weight excluding hydrogens is 226 g/mol. The number of hydrogen-bond donors (Lipinski definition) is 1. The summed E-state index contributed by atoms with van der Waals surface area (Å²) in [7, 11) is 0. The second-order valence-electron chi connectivity index (χ2n) is 7.06. The van der Waals surface area contributed by atoms with Crippen molar-refractivity contribution in [3.05, 3.63) is 24.2 Å². The van der Waals surface area contributed by atoms with Gasteiger partial charge in [0.15, 0.2) is 5.76 Å². The number of furan rings is 1. The molecule has 2 rings (SSSR count). The molecule has 0 aliphatic heterocycles. The van der Waals surface area contributed by atoms with E-state index >= 15 is 0 Å². The second-order valence-corrected chi connectivity index (χ2v) is 7.06. The van der Waals surface area contributed by atoms with E-state index in [1.54, 1.807) is 12.1 Å². The first-order chi connectivity index (χ1) is 8.27. The number of nitrogens with one attached hydrogen (secondary N) is 1. The summed E-state index contributed by atoms with van der Waals surface area (Å²) >= 11 is 0. The fourth-order valence-electron chi connectivity index (χ4n) is 3.61. The van der Waals surface area contributed by atoms with E-state index in [0.29, 0.717) is 5.76 Å². The van der Waals surface area contributed by atoms with Gasteiger partial charge >= 0.3 is 0 Å². The zero-order valence-corrected chi connectivity index (χ0v) is 11.7. The molecule has 3 heteroatoms. The predicted molar refractivity (Wildman–Crippen MR) is 71.4 cm³/mol. The van der Waals surface area contributed by atoms with Crippen LogP contribution in [-0.4, -0.2) is 11.9 Å². The van der Waals surface area contributed by atoms with Gasteiger partial charge < -0.3 is 9.73 Å². The molecule has 18 heavy (non-hydrogen) atoms. The maximum absolute atomic E-state index is 12.0. The lowest BCUT2D eigenvalue weighted by Crippen LogP contribution is -2.45. The fraction of sp³-hybridized carbons (Fsp3) is 0.667. The zero-order valence-electron chi connectivity index (χ0n) is 11.7. The van der Waals surface area contributed by atoms with E-state index in [-0.39, 0.29) is 22.8 Å². The predicted octanol–water partition coefficient (Wildman–Crippen LogP) is 3.61. The molecule has 1 aromatic rings. The highest BCUT2D eigenvalue weighted by Crippen LogP contribution is 2.45. The summed E-state index contributed by atoms with van der Waals surface area (Å²) in [6, 6.07) is 3.68. The molecule has 0 spiro atoms. The van der Waals surface area contributed by atoms with Gasteiger partial charge in [0, 0.05) is 6.04 Å². The number of rotatable bonds is 2. The summed E-state index contributed by atoms with van der Waals surface area (Å²) in [5.41, 5.74) is 0.561. The van der Waals surface area contributed by atoms with Crippen LogP contribution >= 0.6 is 0 Å². The number of carbonyl (C=O) groups excluding carboxylic acids is 1. The van der Waals surface area contributed by atoms with Gasteiger partial charge in [0.05, 0.1) is 6.26 Å². The van der Waals surface area contributed by atoms with Crippen LogP contribution in [0.4, 0.5) is 0 Å². The van der Waals surface area contributed by atoms with E-state index in [1.165, 1.54) is 12.7 Å². The van der Waals surface area contributed by atoms with E-state index in [0.717, 1.165) is 12.8 Å². The van der Waals surface area contributed by atoms with Crippen molar-refractivity contribution in [3.63, 3.8) is 0 Å². The monoisotopic (exact) mass is 249 g/mol. The van der Waals surface area contributed by atoms with Gasteiger partial charge in [-0.25, -0.2) is 0 Å². The van der Waals surface area contributed by atoms with Crippen LogP contribution < -0.4 is 5.32 Å². The lowest BCUT2D eigenvalue weighted by Gasteiger charge is -2.45. The summed E-state index contributed by atoms with van der Waals surface area (Å²) in [5, 5.41) is 3.10. The average Bonchev–Trinajstić information content (AvgIpc) is 2.63. The molecule has 100 valence electrons. The van der Waals surface area contributed by atoms with Crippen LogP contribution in [0.1, 0.15) is 57.5 Å². The van der Waals surface area contributed by atoms with E-state index in [1.807, 2.05) is 0 Å². The molecule has 1 saturated carbocycles. The minimum atomic E-state index is -0.0986. The number of carbonyl (C=O) groups is 1. The third-order valence-corrected chi connectivity index (χ3v) is 3.64. The van der Waals surface area contributed by atoms with Crippen LogP contribution in [0.15, 0.2) is 22.8 Å². The zero-order chi connectivity index (χ0) is 13.4. The number of hydrogen-bond acceptors (Lipinski definition) is 2. The molecule has 1 aliphatic carbocycles. The highest BCUT2D eigenvalue weighted by atomic mass is 16.3. The van der Waals surface area contributed by atoms with Gasteiger partial charge in [0.2, 0.25) is 0 Å². The van der Waals surface area contributed by atoms with E-state index in [4.69, 9.17) is 4.42 Å². The van der Waals surface area contributed by atoms with Crippen molar-refractivity contribution in [2.45, 2.75) is 53.0 Å². The summed E-state index contributed by atoms with van der Waals surface area (Å²) in [5.74, 6) is 0.301. The van der Waals surface area contributed by atoms with Crippen LogP contribution in [0.25, 0.3) is 0 Å². The Labute approximate surface area is 109 Å². The third kappa shape index (κ3) is 3.15. The molecule has 3 nitrogen and oxygen atoms in total. The van der Waals surface area contributed by atoms with E-state index < -0.39 is 0 Å². The molecule has 0 unspecified atom stereocenters. The molecule has 0 saturated heterocycles. The SMILES string of the molecule is CC1(C)CC(NC(=O)c2ccco2)CC(C)(C)C1. The van der Waals surface area contributed by atoms with Crippen LogP contribution in [-0.2, 0) is 0 Å². The summed E-state index contributed by atoms with van der Waals surface area (Å²) < 4.78 is 5.13. The van der Waals surface area contributed by atoms with Gasteiger partial charge in [0.25, 0.3) is 5.91 Å². The minimum absolute atomic E-state index is 0.0986. The minimum Gasteiger partial charge on any atom is -0.459 e. The lowest BCUT2D eigenvalue weighted by atomic mass is 9.63. The van der Waals surface area contributed by atoms with Crippen LogP contribution in [0.2, 0.25) is 0 Å². The van der Waals surface area contributed by atoms with E-state index in [2.05, 4.69) is 33.0 Å². The smallest absolute Gasteiger partial charge is 0.287 e. The first kappa shape index (κ1) is 13.2. The Kier molecular flexibility index (Phi) is 3.26. The Morgan fingerprint density at radius 2 is 1.89 bits per heavy atom. The standard InChI is InChI=1S/C15H23NO2/c1-14(2)8-11(9-15(3,4)10-14)16-13(17)12-6-5-7-18-12/h5-7,11H,8-10H2,1-4H3,(H,16,17). The molecule has 1 amide bonds. The average molecular weight is 249 g/mol. The third-order valence-electron chi connectivity index (χ3n) is 3.64. The Morgan fingerprint density at radius 1 is 1.28 bits per heavy atom. The summed E-state index contributed by atoms with van der Waals surface area (Å²) in [6.45, 7) is 9.11. The summed E-state index contributed by atoms with van der Waals surface area (Å²) in [4.78, 5) is 12.0. The highest BCUT2D eigenvalue weighted by Gasteiger charge is 2.39. The van der Waals surface area contributed by atoms with Crippen molar-refractivity contribution in [1.29, 1.82) is 0 Å². The van der Waals surface area contributed by atoms with Crippen LogP contribution in [0.5, 0.6) is 0 Å². The van der Waals surface area contributed by atoms with Gasteiger partial charge in [-0.2, -0.15) is 0 Å². The molecular formula is C15H23NO2. The highest BCUT2D eigenvalue weighted by molar-refractivity contribution is 5.91. The molecule has 0 aromatic carbocycles. The van der Waals surface area contributed by atoms with Crippen molar-refractivity contribution in [2.24, 2.45) is 10.8 Å². The maximum Gasteiger partial charge on any atom is 0.287 e. The quantitative estimate of drug-likeness (QED) is 0.870. The Hall–Kier alpha value is -1.25. The maximum atomic E-state index is 12.0. The first-order valence-electron chi connectivity index (χ1n) is 6.62. The van der Waals surface area contributed by atoms with Crippen LogP contribution in [0.3, 0.4) is 0 Å². The fourth-order valence-corrected chi connectivity index (χ4v) is 3.61. The largest absolute Gasteiger partial charge is 0.459 e. The molecule has 0 radical (unpaired) electrons. The van der Waals surface area contributed by atoms with Crippen molar-refractivity contribution in [2.75, 3.05) is 0 Å². The normalized spacial score (nSPS) is 22.7. The second kappa shape index (κ2) is 4.45. The molecule has 1 N–H and O–H groups in total. The summed E-state index contributed by atoms with van der Waals surface area (Å²) in [6.07, 6.45) is 4.79. The molecule has 0 bridgehead atoms. The first-order valence-corrected chi connectivity index (χ1v) is 6.62. The molecule has 0 atom stereocenters. The van der Waals surface area contributed by atoms with Gasteiger partial charge in [-0.15, -0.1) is 0 Å². The van der Waals surface area contributed by atoms with Crippen molar-refractivity contribution in [1.82, 2.24) is 5.32 Å². The van der Waals surface area contributed by atoms with Gasteiger partial charge in [0.1, 0.15) is 0 Å². The lowest BCUT2D eigenvalue weighted by molar-refractivity contribution is 0.0696. The Morgan fingerprint density at radius 3 is 2.39 bits per heavy atom. The van der Waals surface area contributed by atoms with Crippen molar-refractivity contribution in [3.8, 4) is 0 Å². The van der Waals surface area contributed by atoms with Gasteiger partial charge in [-0.05, 0) is 42.2 Å².